The van der Waals surface area contributed by atoms with E-state index in [4.69, 9.17) is 5.73 Å². The quantitative estimate of drug-likeness (QED) is 0.693. The molecule has 2 N–H and O–H groups in total. The highest BCUT2D eigenvalue weighted by atomic mass is 79.9. The van der Waals surface area contributed by atoms with E-state index in [-0.39, 0.29) is 0 Å². The summed E-state index contributed by atoms with van der Waals surface area (Å²) in [5, 5.41) is 0.866. The zero-order valence-corrected chi connectivity index (χ0v) is 7.30. The van der Waals surface area contributed by atoms with Crippen LogP contribution in [0.2, 0.25) is 0 Å². The predicted molar refractivity (Wildman–Crippen MR) is 44.9 cm³/mol. The van der Waals surface area contributed by atoms with Crippen LogP contribution >= 0.6 is 15.9 Å². The van der Waals surface area contributed by atoms with Gasteiger partial charge in [0.1, 0.15) is 0 Å². The molecule has 0 radical (unpaired) electrons. The van der Waals surface area contributed by atoms with Crippen LogP contribution in [-0.4, -0.2) is 22.8 Å². The number of hydrogen-bond donors (Lipinski definition) is 1. The Bertz CT molecular complexity index is 127. The molecule has 0 atom stereocenters. The first-order chi connectivity index (χ1) is 4.72. The Balaban J connectivity index is 3.60. The second kappa shape index (κ2) is 5.29. The highest BCUT2D eigenvalue weighted by Gasteiger charge is 2.02. The molecule has 0 heterocycles. The van der Waals surface area contributed by atoms with Crippen molar-refractivity contribution in [3.63, 3.8) is 0 Å². The van der Waals surface area contributed by atoms with Gasteiger partial charge in [-0.2, -0.15) is 0 Å². The van der Waals surface area contributed by atoms with Crippen molar-refractivity contribution >= 4 is 22.0 Å². The number of rotatable bonds is 4. The Labute approximate surface area is 69.0 Å². The fourth-order valence-electron chi connectivity index (χ4n) is 0.522. The van der Waals surface area contributed by atoms with E-state index in [1.165, 1.54) is 11.1 Å². The second-order valence-electron chi connectivity index (χ2n) is 1.76. The predicted octanol–water partition coefficient (Wildman–Crippen LogP) is 1.30. The maximum absolute atomic E-state index is 10.5. The van der Waals surface area contributed by atoms with Crippen LogP contribution in [-0.2, 0) is 0 Å². The average Bonchev–Trinajstić information content (AvgIpc) is 1.89. The van der Waals surface area contributed by atoms with Crippen LogP contribution in [0, 0.1) is 0 Å². The minimum absolute atomic E-state index is 0.448. The van der Waals surface area contributed by atoms with Crippen molar-refractivity contribution in [3.05, 3.63) is 12.8 Å². The summed E-state index contributed by atoms with van der Waals surface area (Å²) in [6.45, 7) is 4.07. The molecule has 3 nitrogen and oxygen atoms in total. The highest BCUT2D eigenvalue weighted by Crippen LogP contribution is 1.93. The minimum Gasteiger partial charge on any atom is -0.351 e. The number of halogens is 1. The van der Waals surface area contributed by atoms with Gasteiger partial charge in [0.05, 0.1) is 0 Å². The first-order valence-electron chi connectivity index (χ1n) is 2.97. The van der Waals surface area contributed by atoms with Crippen molar-refractivity contribution in [2.75, 3.05) is 11.9 Å². The topological polar surface area (TPSA) is 46.3 Å². The molecule has 0 saturated carbocycles. The molecule has 10 heavy (non-hydrogen) atoms. The van der Waals surface area contributed by atoms with Gasteiger partial charge in [-0.25, -0.2) is 4.79 Å². The van der Waals surface area contributed by atoms with Gasteiger partial charge in [-0.15, -0.1) is 0 Å². The fourth-order valence-corrected chi connectivity index (χ4v) is 0.772. The summed E-state index contributed by atoms with van der Waals surface area (Å²) >= 11 is 3.24. The number of amides is 2. The average molecular weight is 207 g/mol. The number of carbonyl (C=O) groups excluding carboxylic acids is 1. The highest BCUT2D eigenvalue weighted by molar-refractivity contribution is 9.09. The number of nitrogens with two attached hydrogens (primary N) is 1. The molecule has 0 unspecified atom stereocenters. The largest absolute Gasteiger partial charge is 0.351 e. The summed E-state index contributed by atoms with van der Waals surface area (Å²) in [7, 11) is 0. The lowest BCUT2D eigenvalue weighted by molar-refractivity contribution is 0.225. The SMILES string of the molecule is C=CN(CCCBr)C(N)=O. The summed E-state index contributed by atoms with van der Waals surface area (Å²) in [5.41, 5.74) is 4.99. The lowest BCUT2D eigenvalue weighted by Gasteiger charge is -2.13. The molecule has 2 amide bonds. The Morgan fingerprint density at radius 1 is 1.80 bits per heavy atom. The molecule has 0 aromatic carbocycles. The van der Waals surface area contributed by atoms with Gasteiger partial charge in [0.15, 0.2) is 0 Å². The van der Waals surface area contributed by atoms with E-state index in [2.05, 4.69) is 22.5 Å². The van der Waals surface area contributed by atoms with Crippen molar-refractivity contribution in [1.82, 2.24) is 4.90 Å². The molecule has 0 spiro atoms. The third kappa shape index (κ3) is 3.50. The third-order valence-corrected chi connectivity index (χ3v) is 1.60. The molecule has 0 saturated heterocycles. The maximum Gasteiger partial charge on any atom is 0.318 e. The van der Waals surface area contributed by atoms with E-state index < -0.39 is 6.03 Å². The van der Waals surface area contributed by atoms with Crippen molar-refractivity contribution in [3.8, 4) is 0 Å². The molecule has 0 aliphatic rings. The number of primary amides is 1. The summed E-state index contributed by atoms with van der Waals surface area (Å²) in [5.74, 6) is 0. The van der Waals surface area contributed by atoms with E-state index in [1.54, 1.807) is 0 Å². The number of carbonyl (C=O) groups is 1. The van der Waals surface area contributed by atoms with E-state index in [0.717, 1.165) is 11.8 Å². The molecule has 0 bridgehead atoms. The van der Waals surface area contributed by atoms with Crippen molar-refractivity contribution in [2.24, 2.45) is 5.73 Å². The van der Waals surface area contributed by atoms with E-state index >= 15 is 0 Å². The smallest absolute Gasteiger partial charge is 0.318 e. The molecule has 0 aliphatic heterocycles. The van der Waals surface area contributed by atoms with Gasteiger partial charge in [0.2, 0.25) is 0 Å². The monoisotopic (exact) mass is 206 g/mol. The number of urea groups is 1. The van der Waals surface area contributed by atoms with E-state index in [9.17, 15) is 4.79 Å². The van der Waals surface area contributed by atoms with Crippen molar-refractivity contribution in [2.45, 2.75) is 6.42 Å². The van der Waals surface area contributed by atoms with Crippen LogP contribution < -0.4 is 5.73 Å². The van der Waals surface area contributed by atoms with Crippen LogP contribution in [0.3, 0.4) is 0 Å². The first kappa shape index (κ1) is 9.49. The molecular formula is C6H11BrN2O. The second-order valence-corrected chi connectivity index (χ2v) is 2.55. The fraction of sp³-hybridized carbons (Fsp3) is 0.500. The lowest BCUT2D eigenvalue weighted by atomic mass is 10.4. The van der Waals surface area contributed by atoms with Gasteiger partial charge in [-0.05, 0) is 6.42 Å². The van der Waals surface area contributed by atoms with Gasteiger partial charge in [0.25, 0.3) is 0 Å². The van der Waals surface area contributed by atoms with Gasteiger partial charge < -0.3 is 10.6 Å². The maximum atomic E-state index is 10.5. The molecule has 0 aromatic heterocycles. The molecule has 0 fully saturated rings. The summed E-state index contributed by atoms with van der Waals surface area (Å²) < 4.78 is 0. The normalized spacial score (nSPS) is 8.90. The number of hydrogen-bond acceptors (Lipinski definition) is 1. The zero-order chi connectivity index (χ0) is 7.98. The van der Waals surface area contributed by atoms with E-state index in [1.807, 2.05) is 0 Å². The lowest BCUT2D eigenvalue weighted by Crippen LogP contribution is -2.31. The van der Waals surface area contributed by atoms with Crippen LogP contribution in [0.4, 0.5) is 4.79 Å². The molecule has 0 aromatic rings. The van der Waals surface area contributed by atoms with Crippen molar-refractivity contribution in [1.29, 1.82) is 0 Å². The Kier molecular flexibility index (Phi) is 5.02. The first-order valence-corrected chi connectivity index (χ1v) is 4.09. The van der Waals surface area contributed by atoms with Crippen molar-refractivity contribution < 1.29 is 4.79 Å². The van der Waals surface area contributed by atoms with Crippen LogP contribution in [0.15, 0.2) is 12.8 Å². The van der Waals surface area contributed by atoms with Crippen LogP contribution in [0.25, 0.3) is 0 Å². The zero-order valence-electron chi connectivity index (χ0n) is 5.72. The molecule has 0 rings (SSSR count). The minimum atomic E-state index is -0.448. The van der Waals surface area contributed by atoms with Crippen LogP contribution in [0.5, 0.6) is 0 Å². The Morgan fingerprint density at radius 3 is 2.70 bits per heavy atom. The molecule has 58 valence electrons. The summed E-state index contributed by atoms with van der Waals surface area (Å²) in [6.07, 6.45) is 2.32. The summed E-state index contributed by atoms with van der Waals surface area (Å²) in [6, 6.07) is -0.448. The Morgan fingerprint density at radius 2 is 2.40 bits per heavy atom. The summed E-state index contributed by atoms with van der Waals surface area (Å²) in [4.78, 5) is 11.9. The van der Waals surface area contributed by atoms with Gasteiger partial charge in [-0.3, -0.25) is 0 Å². The van der Waals surface area contributed by atoms with Gasteiger partial charge >= 0.3 is 6.03 Å². The van der Waals surface area contributed by atoms with Gasteiger partial charge in [-0.1, -0.05) is 22.5 Å². The molecule has 0 aliphatic carbocycles. The molecular weight excluding hydrogens is 196 g/mol. The van der Waals surface area contributed by atoms with Crippen LogP contribution in [0.1, 0.15) is 6.42 Å². The standard InChI is InChI=1S/C6H11BrN2O/c1-2-9(6(8)10)5-3-4-7/h2H,1,3-5H2,(H2,8,10). The Hall–Kier alpha value is -0.510. The number of alkyl halides is 1. The van der Waals surface area contributed by atoms with E-state index in [0.29, 0.717) is 6.54 Å². The number of nitrogens with zero attached hydrogens (tertiary/aromatic N) is 1. The third-order valence-electron chi connectivity index (χ3n) is 1.04. The molecule has 4 heteroatoms. The van der Waals surface area contributed by atoms with Gasteiger partial charge in [0, 0.05) is 18.1 Å².